The molecular formula is C45H41F13O2. The summed E-state index contributed by atoms with van der Waals surface area (Å²) in [5, 5.41) is 0. The van der Waals surface area contributed by atoms with Crippen LogP contribution in [0, 0.1) is 40.7 Å². The van der Waals surface area contributed by atoms with Gasteiger partial charge in [-0.05, 0) is 121 Å². The molecule has 15 heteroatoms. The van der Waals surface area contributed by atoms with E-state index < -0.39 is 81.6 Å². The minimum absolute atomic E-state index is 0.185. The molecule has 0 fully saturated rings. The summed E-state index contributed by atoms with van der Waals surface area (Å²) >= 11 is 0. The third-order valence-electron chi connectivity index (χ3n) is 10.2. The molecule has 0 bridgehead atoms. The van der Waals surface area contributed by atoms with Gasteiger partial charge in [0.05, 0.1) is 11.1 Å². The fourth-order valence-electron chi connectivity index (χ4n) is 7.34. The van der Waals surface area contributed by atoms with Crippen molar-refractivity contribution in [3.63, 3.8) is 0 Å². The van der Waals surface area contributed by atoms with Crippen molar-refractivity contribution in [1.29, 1.82) is 0 Å². The van der Waals surface area contributed by atoms with E-state index in [1.54, 1.807) is 6.08 Å². The van der Waals surface area contributed by atoms with Crippen LogP contribution in [0.3, 0.4) is 0 Å². The fraction of sp³-hybridized carbons (Fsp3) is 0.378. The van der Waals surface area contributed by atoms with Gasteiger partial charge in [-0.25, -0.2) is 30.7 Å². The number of hydrogen-bond acceptors (Lipinski definition) is 2. The minimum Gasteiger partial charge on any atom is -0.403 e. The Morgan fingerprint density at radius 1 is 0.483 bits per heavy atom. The third kappa shape index (κ3) is 11.7. The van der Waals surface area contributed by atoms with E-state index in [2.05, 4.69) is 16.4 Å². The highest BCUT2D eigenvalue weighted by molar-refractivity contribution is 5.73. The fourth-order valence-corrected chi connectivity index (χ4v) is 7.34. The number of ether oxygens (including phenoxy) is 2. The molecule has 60 heavy (non-hydrogen) atoms. The predicted octanol–water partition coefficient (Wildman–Crippen LogP) is 15.7. The molecule has 4 aromatic rings. The van der Waals surface area contributed by atoms with Crippen LogP contribution < -0.4 is 9.47 Å². The molecule has 2 aliphatic carbocycles. The summed E-state index contributed by atoms with van der Waals surface area (Å²) in [5.41, 5.74) is 1.71. The van der Waals surface area contributed by atoms with Crippen molar-refractivity contribution >= 4 is 12.2 Å². The van der Waals surface area contributed by atoms with E-state index in [1.165, 1.54) is 25.3 Å². The number of benzene rings is 4. The zero-order valence-corrected chi connectivity index (χ0v) is 32.6. The van der Waals surface area contributed by atoms with Crippen LogP contribution in [-0.2, 0) is 12.8 Å². The molecular weight excluding hydrogens is 819 g/mol. The smallest absolute Gasteiger partial charge is 0.403 e. The molecule has 2 nitrogen and oxygen atoms in total. The van der Waals surface area contributed by atoms with Gasteiger partial charge in [0.2, 0.25) is 5.75 Å². The second kappa shape index (κ2) is 19.6. The van der Waals surface area contributed by atoms with E-state index >= 15 is 4.39 Å². The van der Waals surface area contributed by atoms with Gasteiger partial charge >= 0.3 is 12.7 Å². The zero-order valence-electron chi connectivity index (χ0n) is 32.6. The molecule has 2 aliphatic rings. The van der Waals surface area contributed by atoms with Crippen LogP contribution in [0.15, 0.2) is 53.6 Å². The van der Waals surface area contributed by atoms with Gasteiger partial charge in [0.25, 0.3) is 0 Å². The van der Waals surface area contributed by atoms with E-state index in [1.807, 2.05) is 13.0 Å². The highest BCUT2D eigenvalue weighted by Crippen LogP contribution is 2.40. The summed E-state index contributed by atoms with van der Waals surface area (Å²) in [6, 6.07) is 5.50. The Hall–Kier alpha value is -4.95. The number of rotatable bonds is 13. The van der Waals surface area contributed by atoms with Crippen LogP contribution in [0.2, 0.25) is 0 Å². The standard InChI is InChI=1S/C24H24F6O.C21H17F7O/c1-2-3-4-5-6-7-15-8-10-18-17(12-15)14-20(26)22(23(18)27)16-9-11-21(19(25)13-16)31-24(28,29)30;1-2-3-4-11-5-6-14-12(7-11)8-15(22)18(19(14)25)13-9-16(23)20(17(24)10-13)29-21(26,27)28/h9,11-14H,2-8,10H2,1H3;7-10H,2-6H2,1H3. The van der Waals surface area contributed by atoms with Gasteiger partial charge in [-0.2, -0.15) is 0 Å². The highest BCUT2D eigenvalue weighted by atomic mass is 19.4. The summed E-state index contributed by atoms with van der Waals surface area (Å²) in [6.07, 6.45) is 4.43. The average molecular weight is 861 g/mol. The molecule has 0 atom stereocenters. The lowest BCUT2D eigenvalue weighted by atomic mass is 9.87. The summed E-state index contributed by atoms with van der Waals surface area (Å²) < 4.78 is 182. The third-order valence-corrected chi connectivity index (χ3v) is 10.2. The normalized spacial score (nSPS) is 13.8. The zero-order chi connectivity index (χ0) is 43.9. The lowest BCUT2D eigenvalue weighted by Gasteiger charge is -2.20. The molecule has 0 radical (unpaired) electrons. The van der Waals surface area contributed by atoms with Crippen molar-refractivity contribution in [2.45, 2.75) is 110 Å². The van der Waals surface area contributed by atoms with E-state index in [0.717, 1.165) is 61.8 Å². The minimum atomic E-state index is -5.31. The van der Waals surface area contributed by atoms with Crippen LogP contribution in [0.5, 0.6) is 11.5 Å². The van der Waals surface area contributed by atoms with Gasteiger partial charge in [-0.15, -0.1) is 26.3 Å². The Balaban J connectivity index is 0.000000228. The van der Waals surface area contributed by atoms with Crippen molar-refractivity contribution in [1.82, 2.24) is 0 Å². The number of hydrogen-bond donors (Lipinski definition) is 0. The van der Waals surface area contributed by atoms with Crippen molar-refractivity contribution in [3.8, 4) is 33.8 Å². The Labute approximate surface area is 338 Å². The molecule has 0 aliphatic heterocycles. The maximum absolute atomic E-state index is 15.1. The Morgan fingerprint density at radius 3 is 1.43 bits per heavy atom. The number of halogens is 13. The maximum atomic E-state index is 15.1. The SMILES string of the molecule is CCCCC1=Cc2cc(F)c(-c3cc(F)c(OC(F)(F)F)c(F)c3)c(F)c2CC1.CCCCCCCC1=Cc2cc(F)c(-c3ccc(OC(F)(F)F)c(F)c3)c(F)c2CC1. The van der Waals surface area contributed by atoms with Gasteiger partial charge in [0.15, 0.2) is 23.2 Å². The van der Waals surface area contributed by atoms with E-state index in [4.69, 9.17) is 0 Å². The Bertz CT molecular complexity index is 2210. The van der Waals surface area contributed by atoms with E-state index in [-0.39, 0.29) is 11.1 Å². The molecule has 324 valence electrons. The average Bonchev–Trinajstić information content (AvgIpc) is 3.15. The molecule has 0 saturated carbocycles. The summed E-state index contributed by atoms with van der Waals surface area (Å²) in [6.45, 7) is 4.18. The first-order valence-electron chi connectivity index (χ1n) is 19.5. The first kappa shape index (κ1) is 46.1. The Kier molecular flexibility index (Phi) is 15.1. The van der Waals surface area contributed by atoms with Gasteiger partial charge in [-0.3, -0.25) is 0 Å². The first-order chi connectivity index (χ1) is 28.3. The van der Waals surface area contributed by atoms with Gasteiger partial charge < -0.3 is 9.47 Å². The van der Waals surface area contributed by atoms with Crippen molar-refractivity contribution in [2.75, 3.05) is 0 Å². The molecule has 0 aromatic heterocycles. The molecule has 0 spiro atoms. The van der Waals surface area contributed by atoms with Gasteiger partial charge in [-0.1, -0.05) is 75.3 Å². The molecule has 4 aromatic carbocycles. The van der Waals surface area contributed by atoms with Crippen molar-refractivity contribution in [3.05, 3.63) is 117 Å². The monoisotopic (exact) mass is 860 g/mol. The quantitative estimate of drug-likeness (QED) is 0.0985. The molecule has 0 heterocycles. The lowest BCUT2D eigenvalue weighted by molar-refractivity contribution is -0.277. The van der Waals surface area contributed by atoms with Crippen LogP contribution in [-0.4, -0.2) is 12.7 Å². The highest BCUT2D eigenvalue weighted by Gasteiger charge is 2.35. The van der Waals surface area contributed by atoms with Crippen LogP contribution in [0.1, 0.15) is 107 Å². The lowest BCUT2D eigenvalue weighted by Crippen LogP contribution is -2.19. The largest absolute Gasteiger partial charge is 0.573 e. The molecule has 0 N–H and O–H groups in total. The summed E-state index contributed by atoms with van der Waals surface area (Å²) in [5.74, 6) is -11.2. The number of fused-ring (bicyclic) bond motifs is 2. The predicted molar refractivity (Wildman–Crippen MR) is 202 cm³/mol. The second-order valence-corrected chi connectivity index (χ2v) is 14.6. The first-order valence-corrected chi connectivity index (χ1v) is 19.5. The van der Waals surface area contributed by atoms with Gasteiger partial charge in [0, 0.05) is 0 Å². The second-order valence-electron chi connectivity index (χ2n) is 14.6. The van der Waals surface area contributed by atoms with Crippen molar-refractivity contribution < 1.29 is 66.5 Å². The molecule has 0 amide bonds. The molecule has 6 rings (SSSR count). The number of unbranched alkanes of at least 4 members (excludes halogenated alkanes) is 5. The van der Waals surface area contributed by atoms with Crippen LogP contribution in [0.25, 0.3) is 34.4 Å². The van der Waals surface area contributed by atoms with Crippen molar-refractivity contribution in [2.24, 2.45) is 0 Å². The maximum Gasteiger partial charge on any atom is 0.573 e. The van der Waals surface area contributed by atoms with Gasteiger partial charge in [0.1, 0.15) is 23.3 Å². The van der Waals surface area contributed by atoms with E-state index in [9.17, 15) is 52.7 Å². The Morgan fingerprint density at radius 2 is 0.950 bits per heavy atom. The topological polar surface area (TPSA) is 18.5 Å². The summed E-state index contributed by atoms with van der Waals surface area (Å²) in [7, 11) is 0. The van der Waals surface area contributed by atoms with Crippen LogP contribution >= 0.6 is 0 Å². The summed E-state index contributed by atoms with van der Waals surface area (Å²) in [4.78, 5) is 0. The number of alkyl halides is 6. The van der Waals surface area contributed by atoms with Crippen LogP contribution in [0.4, 0.5) is 57.1 Å². The molecule has 0 unspecified atom stereocenters. The number of allylic oxidation sites excluding steroid dienone is 2. The van der Waals surface area contributed by atoms with E-state index in [0.29, 0.717) is 66.6 Å². The molecule has 0 saturated heterocycles.